The molecule has 0 aliphatic heterocycles. The molecule has 1 atom stereocenters. The van der Waals surface area contributed by atoms with E-state index in [-0.39, 0.29) is 16.6 Å². The summed E-state index contributed by atoms with van der Waals surface area (Å²) >= 11 is 1.53. The van der Waals surface area contributed by atoms with Gasteiger partial charge in [0.15, 0.2) is 0 Å². The van der Waals surface area contributed by atoms with Gasteiger partial charge in [-0.2, -0.15) is 0 Å². The molecule has 2 aromatic carbocycles. The summed E-state index contributed by atoms with van der Waals surface area (Å²) in [6, 6.07) is 11.2. The van der Waals surface area contributed by atoms with Crippen molar-refractivity contribution in [2.45, 2.75) is 31.2 Å². The van der Waals surface area contributed by atoms with E-state index in [1.807, 2.05) is 24.3 Å². The lowest BCUT2D eigenvalue weighted by molar-refractivity contribution is -0.385. The maximum absolute atomic E-state index is 12.5. The van der Waals surface area contributed by atoms with E-state index in [0.717, 1.165) is 15.2 Å². The minimum absolute atomic E-state index is 0.0109. The van der Waals surface area contributed by atoms with Crippen LogP contribution in [-0.2, 0) is 16.4 Å². The van der Waals surface area contributed by atoms with Crippen LogP contribution >= 0.6 is 11.3 Å². The van der Waals surface area contributed by atoms with Gasteiger partial charge in [0.2, 0.25) is 10.0 Å². The molecule has 26 heavy (non-hydrogen) atoms. The molecule has 3 rings (SSSR count). The first kappa shape index (κ1) is 18.4. The van der Waals surface area contributed by atoms with Crippen molar-refractivity contribution < 1.29 is 13.3 Å². The van der Waals surface area contributed by atoms with Crippen molar-refractivity contribution in [3.63, 3.8) is 0 Å². The van der Waals surface area contributed by atoms with Crippen LogP contribution in [0.4, 0.5) is 5.69 Å². The van der Waals surface area contributed by atoms with E-state index >= 15 is 0 Å². The van der Waals surface area contributed by atoms with Gasteiger partial charge in [-0.1, -0.05) is 12.1 Å². The van der Waals surface area contributed by atoms with E-state index < -0.39 is 14.9 Å². The topological polar surface area (TPSA) is 102 Å². The van der Waals surface area contributed by atoms with E-state index in [4.69, 9.17) is 0 Å². The van der Waals surface area contributed by atoms with Gasteiger partial charge in [0.05, 0.1) is 25.0 Å². The SMILES string of the molecule is Cc1cc(S(=O)(=O)N[C@H](C)Cc2nc3ccccc3s2)ccc1[N+](=O)[O-]. The Bertz CT molecular complexity index is 1040. The van der Waals surface area contributed by atoms with Gasteiger partial charge in [-0.05, 0) is 38.1 Å². The van der Waals surface area contributed by atoms with Crippen molar-refractivity contribution in [3.05, 3.63) is 63.1 Å². The van der Waals surface area contributed by atoms with E-state index in [2.05, 4.69) is 9.71 Å². The minimum atomic E-state index is -3.77. The van der Waals surface area contributed by atoms with E-state index in [1.165, 1.54) is 36.5 Å². The van der Waals surface area contributed by atoms with E-state index in [1.54, 1.807) is 6.92 Å². The van der Waals surface area contributed by atoms with Crippen molar-refractivity contribution >= 4 is 37.3 Å². The summed E-state index contributed by atoms with van der Waals surface area (Å²) in [4.78, 5) is 14.9. The highest BCUT2D eigenvalue weighted by Gasteiger charge is 2.21. The number of nitrogens with zero attached hydrogens (tertiary/aromatic N) is 2. The lowest BCUT2D eigenvalue weighted by Gasteiger charge is -2.13. The Hall–Kier alpha value is -2.36. The molecule has 0 radical (unpaired) electrons. The normalized spacial score (nSPS) is 13.0. The third-order valence-corrected chi connectivity index (χ3v) is 6.50. The summed E-state index contributed by atoms with van der Waals surface area (Å²) in [6.45, 7) is 3.28. The molecule has 0 bridgehead atoms. The van der Waals surface area contributed by atoms with Crippen molar-refractivity contribution in [1.29, 1.82) is 0 Å². The third kappa shape index (κ3) is 3.90. The standard InChI is InChI=1S/C17H17N3O4S2/c1-11-9-13(7-8-15(11)20(21)22)26(23,24)19-12(2)10-17-18-14-5-3-4-6-16(14)25-17/h3-9,12,19H,10H2,1-2H3/t12-/m1/s1. The maximum atomic E-state index is 12.5. The van der Waals surface area contributed by atoms with Crippen LogP contribution < -0.4 is 4.72 Å². The van der Waals surface area contributed by atoms with Crippen molar-refractivity contribution in [2.75, 3.05) is 0 Å². The molecule has 0 aliphatic carbocycles. The molecule has 0 spiro atoms. The quantitative estimate of drug-likeness (QED) is 0.512. The summed E-state index contributed by atoms with van der Waals surface area (Å²) in [5.41, 5.74) is 1.09. The van der Waals surface area contributed by atoms with Gasteiger partial charge in [-0.15, -0.1) is 11.3 Å². The number of para-hydroxylation sites is 1. The average Bonchev–Trinajstić information content (AvgIpc) is 2.95. The summed E-state index contributed by atoms with van der Waals surface area (Å²) in [7, 11) is -3.77. The molecule has 0 saturated carbocycles. The minimum Gasteiger partial charge on any atom is -0.258 e. The number of nitro groups is 1. The predicted octanol–water partition coefficient (Wildman–Crippen LogP) is 3.42. The number of aryl methyl sites for hydroxylation is 1. The van der Waals surface area contributed by atoms with Gasteiger partial charge in [0.25, 0.3) is 5.69 Å². The van der Waals surface area contributed by atoms with Crippen molar-refractivity contribution in [1.82, 2.24) is 9.71 Å². The largest absolute Gasteiger partial charge is 0.272 e. The molecule has 0 amide bonds. The van der Waals surface area contributed by atoms with Crippen molar-refractivity contribution in [3.8, 4) is 0 Å². The van der Waals surface area contributed by atoms with Gasteiger partial charge in [-0.25, -0.2) is 18.1 Å². The van der Waals surface area contributed by atoms with Gasteiger partial charge < -0.3 is 0 Å². The zero-order valence-electron chi connectivity index (χ0n) is 14.2. The maximum Gasteiger partial charge on any atom is 0.272 e. The third-order valence-electron chi connectivity index (χ3n) is 3.85. The van der Waals surface area contributed by atoms with Crippen LogP contribution in [0.2, 0.25) is 0 Å². The Morgan fingerprint density at radius 1 is 1.27 bits per heavy atom. The number of nitrogens with one attached hydrogen (secondary N) is 1. The first-order valence-electron chi connectivity index (χ1n) is 7.88. The zero-order chi connectivity index (χ0) is 18.9. The molecule has 3 aromatic rings. The van der Waals surface area contributed by atoms with E-state index in [9.17, 15) is 18.5 Å². The lowest BCUT2D eigenvalue weighted by Crippen LogP contribution is -2.34. The second-order valence-corrected chi connectivity index (χ2v) is 8.84. The number of rotatable bonds is 6. The smallest absolute Gasteiger partial charge is 0.258 e. The molecule has 0 saturated heterocycles. The second kappa shape index (κ2) is 7.10. The predicted molar refractivity (Wildman–Crippen MR) is 101 cm³/mol. The van der Waals surface area contributed by atoms with Crippen LogP contribution in [-0.4, -0.2) is 24.4 Å². The monoisotopic (exact) mass is 391 g/mol. The lowest BCUT2D eigenvalue weighted by atomic mass is 10.2. The highest BCUT2D eigenvalue weighted by Crippen LogP contribution is 2.24. The van der Waals surface area contributed by atoms with Crippen molar-refractivity contribution in [2.24, 2.45) is 0 Å². The Balaban J connectivity index is 1.76. The van der Waals surface area contributed by atoms with Crippen LogP contribution in [0.3, 0.4) is 0 Å². The molecule has 7 nitrogen and oxygen atoms in total. The van der Waals surface area contributed by atoms with Crippen LogP contribution in [0.15, 0.2) is 47.4 Å². The second-order valence-electron chi connectivity index (χ2n) is 6.01. The number of aromatic nitrogens is 1. The Morgan fingerprint density at radius 3 is 2.65 bits per heavy atom. The number of benzene rings is 2. The molecule has 0 aliphatic rings. The number of nitro benzene ring substituents is 1. The molecule has 0 fully saturated rings. The number of hydrogen-bond acceptors (Lipinski definition) is 6. The number of fused-ring (bicyclic) bond motifs is 1. The van der Waals surface area contributed by atoms with Crippen LogP contribution in [0.1, 0.15) is 17.5 Å². The number of sulfonamides is 1. The molecule has 1 N–H and O–H groups in total. The van der Waals surface area contributed by atoms with Crippen LogP contribution in [0.25, 0.3) is 10.2 Å². The Morgan fingerprint density at radius 2 is 2.00 bits per heavy atom. The number of thiazole rings is 1. The fourth-order valence-electron chi connectivity index (χ4n) is 2.64. The first-order chi connectivity index (χ1) is 12.3. The highest BCUT2D eigenvalue weighted by molar-refractivity contribution is 7.89. The molecule has 9 heteroatoms. The number of hydrogen-bond donors (Lipinski definition) is 1. The fourth-order valence-corrected chi connectivity index (χ4v) is 5.07. The van der Waals surface area contributed by atoms with E-state index in [0.29, 0.717) is 12.0 Å². The summed E-state index contributed by atoms with van der Waals surface area (Å²) in [5, 5.41) is 11.7. The zero-order valence-corrected chi connectivity index (χ0v) is 15.8. The fraction of sp³-hybridized carbons (Fsp3) is 0.235. The average molecular weight is 391 g/mol. The van der Waals surface area contributed by atoms with Gasteiger partial charge >= 0.3 is 0 Å². The molecule has 0 unspecified atom stereocenters. The molecular formula is C17H17N3O4S2. The van der Waals surface area contributed by atoms with Gasteiger partial charge in [0.1, 0.15) is 0 Å². The van der Waals surface area contributed by atoms with Crippen LogP contribution in [0, 0.1) is 17.0 Å². The molecular weight excluding hydrogens is 374 g/mol. The Labute approximate surface area is 154 Å². The summed E-state index contributed by atoms with van der Waals surface area (Å²) in [6.07, 6.45) is 0.463. The first-order valence-corrected chi connectivity index (χ1v) is 10.2. The van der Waals surface area contributed by atoms with Gasteiger partial charge in [-0.3, -0.25) is 10.1 Å². The summed E-state index contributed by atoms with van der Waals surface area (Å²) < 4.78 is 28.7. The highest BCUT2D eigenvalue weighted by atomic mass is 32.2. The Kier molecular flexibility index (Phi) is 5.03. The van der Waals surface area contributed by atoms with Crippen LogP contribution in [0.5, 0.6) is 0 Å². The molecule has 1 heterocycles. The van der Waals surface area contributed by atoms with Gasteiger partial charge in [0, 0.05) is 24.1 Å². The molecule has 136 valence electrons. The molecule has 1 aromatic heterocycles. The summed E-state index contributed by atoms with van der Waals surface area (Å²) in [5.74, 6) is 0.